The minimum atomic E-state index is -0.562. The number of halogens is 1. The van der Waals surface area contributed by atoms with Gasteiger partial charge in [-0.2, -0.15) is 0 Å². The van der Waals surface area contributed by atoms with Gasteiger partial charge in [-0.15, -0.1) is 0 Å². The summed E-state index contributed by atoms with van der Waals surface area (Å²) in [6, 6.07) is 6.16. The van der Waals surface area contributed by atoms with E-state index in [9.17, 15) is 5.11 Å². The van der Waals surface area contributed by atoms with Crippen LogP contribution in [0.2, 0.25) is 5.02 Å². The molecule has 0 aliphatic heterocycles. The normalized spacial score (nSPS) is 28.1. The van der Waals surface area contributed by atoms with Crippen molar-refractivity contribution < 1.29 is 5.11 Å². The van der Waals surface area contributed by atoms with Gasteiger partial charge in [0, 0.05) is 17.0 Å². The lowest BCUT2D eigenvalue weighted by atomic mass is 9.52. The van der Waals surface area contributed by atoms with Crippen molar-refractivity contribution in [2.45, 2.75) is 49.5 Å². The first-order valence-corrected chi connectivity index (χ1v) is 8.01. The van der Waals surface area contributed by atoms with Gasteiger partial charge in [0.05, 0.1) is 5.60 Å². The second-order valence-electron chi connectivity index (χ2n) is 6.85. The van der Waals surface area contributed by atoms with E-state index < -0.39 is 5.60 Å². The van der Waals surface area contributed by atoms with Crippen LogP contribution in [0.5, 0.6) is 0 Å². The van der Waals surface area contributed by atoms with E-state index in [1.54, 1.807) is 0 Å². The van der Waals surface area contributed by atoms with Gasteiger partial charge in [-0.05, 0) is 50.6 Å². The summed E-state index contributed by atoms with van der Waals surface area (Å²) in [5.74, 6) is 0. The van der Waals surface area contributed by atoms with E-state index in [0.29, 0.717) is 0 Å². The van der Waals surface area contributed by atoms with E-state index in [1.165, 1.54) is 17.5 Å². The van der Waals surface area contributed by atoms with Gasteiger partial charge >= 0.3 is 0 Å². The number of likely N-dealkylation sites (N-methyl/N-ethyl adjacent to an activating group) is 1. The molecule has 1 atom stereocenters. The van der Waals surface area contributed by atoms with Crippen molar-refractivity contribution in [2.75, 3.05) is 20.6 Å². The SMILES string of the molecule is CN(C)CC1(C2(O)CCCCC2)Cc2c(Cl)cccc21. The fourth-order valence-corrected chi connectivity index (χ4v) is 4.58. The van der Waals surface area contributed by atoms with Crippen LogP contribution in [0.1, 0.15) is 43.2 Å². The molecule has 0 spiro atoms. The van der Waals surface area contributed by atoms with Crippen molar-refractivity contribution in [1.29, 1.82) is 0 Å². The van der Waals surface area contributed by atoms with Gasteiger partial charge < -0.3 is 10.0 Å². The molecule has 0 aromatic heterocycles. The molecule has 1 aromatic carbocycles. The number of rotatable bonds is 3. The van der Waals surface area contributed by atoms with Gasteiger partial charge in [0.1, 0.15) is 0 Å². The number of aliphatic hydroxyl groups is 1. The summed E-state index contributed by atoms with van der Waals surface area (Å²) < 4.78 is 0. The maximum absolute atomic E-state index is 11.4. The zero-order valence-electron chi connectivity index (χ0n) is 12.5. The zero-order chi connectivity index (χ0) is 14.4. The third-order valence-corrected chi connectivity index (χ3v) is 5.62. The van der Waals surface area contributed by atoms with Gasteiger partial charge in [0.2, 0.25) is 0 Å². The van der Waals surface area contributed by atoms with Gasteiger partial charge in [-0.3, -0.25) is 0 Å². The third kappa shape index (κ3) is 2.01. The molecule has 2 nitrogen and oxygen atoms in total. The Morgan fingerprint density at radius 2 is 1.90 bits per heavy atom. The van der Waals surface area contributed by atoms with Gasteiger partial charge in [0.15, 0.2) is 0 Å². The van der Waals surface area contributed by atoms with Crippen LogP contribution in [-0.4, -0.2) is 36.2 Å². The summed E-state index contributed by atoms with van der Waals surface area (Å²) in [6.07, 6.45) is 6.29. The highest BCUT2D eigenvalue weighted by Crippen LogP contribution is 2.55. The van der Waals surface area contributed by atoms with Crippen LogP contribution in [0.15, 0.2) is 18.2 Å². The Bertz CT molecular complexity index is 508. The summed E-state index contributed by atoms with van der Waals surface area (Å²) in [5, 5.41) is 12.2. The number of fused-ring (bicyclic) bond motifs is 1. The summed E-state index contributed by atoms with van der Waals surface area (Å²) in [7, 11) is 4.19. The average molecular weight is 294 g/mol. The molecule has 0 amide bonds. The van der Waals surface area contributed by atoms with E-state index in [2.05, 4.69) is 25.1 Å². The van der Waals surface area contributed by atoms with Crippen LogP contribution < -0.4 is 0 Å². The lowest BCUT2D eigenvalue weighted by molar-refractivity contribution is -0.0869. The predicted octanol–water partition coefficient (Wildman–Crippen LogP) is 3.39. The number of benzene rings is 1. The number of nitrogens with zero attached hydrogens (tertiary/aromatic N) is 1. The Morgan fingerprint density at radius 1 is 1.20 bits per heavy atom. The Kier molecular flexibility index (Phi) is 3.60. The Labute approximate surface area is 126 Å². The van der Waals surface area contributed by atoms with E-state index in [4.69, 9.17) is 11.6 Å². The molecular formula is C17H24ClNO. The Hall–Kier alpha value is -0.570. The molecule has 110 valence electrons. The minimum absolute atomic E-state index is 0.128. The molecule has 0 saturated heterocycles. The van der Waals surface area contributed by atoms with Gasteiger partial charge in [-0.1, -0.05) is 43.0 Å². The highest BCUT2D eigenvalue weighted by molar-refractivity contribution is 6.31. The molecule has 3 heteroatoms. The molecule has 1 N–H and O–H groups in total. The van der Waals surface area contributed by atoms with E-state index in [0.717, 1.165) is 43.7 Å². The first-order valence-electron chi connectivity index (χ1n) is 7.64. The van der Waals surface area contributed by atoms with Crippen LogP contribution in [0.3, 0.4) is 0 Å². The lowest BCUT2D eigenvalue weighted by Gasteiger charge is -2.57. The van der Waals surface area contributed by atoms with Crippen molar-refractivity contribution in [2.24, 2.45) is 0 Å². The molecule has 0 radical (unpaired) electrons. The maximum Gasteiger partial charge on any atom is 0.0759 e. The van der Waals surface area contributed by atoms with Crippen LogP contribution in [-0.2, 0) is 11.8 Å². The topological polar surface area (TPSA) is 23.5 Å². The molecule has 20 heavy (non-hydrogen) atoms. The Morgan fingerprint density at radius 3 is 2.55 bits per heavy atom. The Balaban J connectivity index is 2.04. The minimum Gasteiger partial charge on any atom is -0.389 e. The van der Waals surface area contributed by atoms with Crippen molar-refractivity contribution >= 4 is 11.6 Å². The van der Waals surface area contributed by atoms with Crippen molar-refractivity contribution in [3.8, 4) is 0 Å². The molecule has 1 aromatic rings. The van der Waals surface area contributed by atoms with Crippen LogP contribution in [0.25, 0.3) is 0 Å². The van der Waals surface area contributed by atoms with Gasteiger partial charge in [0.25, 0.3) is 0 Å². The molecule has 1 fully saturated rings. The quantitative estimate of drug-likeness (QED) is 0.923. The summed E-state index contributed by atoms with van der Waals surface area (Å²) in [4.78, 5) is 2.20. The average Bonchev–Trinajstić information content (AvgIpc) is 2.38. The molecule has 0 heterocycles. The van der Waals surface area contributed by atoms with Crippen LogP contribution in [0.4, 0.5) is 0 Å². The summed E-state index contributed by atoms with van der Waals surface area (Å²) >= 11 is 6.32. The summed E-state index contributed by atoms with van der Waals surface area (Å²) in [5.41, 5.74) is 1.84. The molecule has 2 aliphatic rings. The van der Waals surface area contributed by atoms with Crippen LogP contribution >= 0.6 is 11.6 Å². The molecular weight excluding hydrogens is 270 g/mol. The predicted molar refractivity (Wildman–Crippen MR) is 83.4 cm³/mol. The molecule has 1 saturated carbocycles. The highest BCUT2D eigenvalue weighted by atomic mass is 35.5. The fourth-order valence-electron chi connectivity index (χ4n) is 4.34. The van der Waals surface area contributed by atoms with E-state index >= 15 is 0 Å². The van der Waals surface area contributed by atoms with Crippen LogP contribution in [0, 0.1) is 0 Å². The van der Waals surface area contributed by atoms with Crippen molar-refractivity contribution in [3.63, 3.8) is 0 Å². The van der Waals surface area contributed by atoms with Crippen molar-refractivity contribution in [1.82, 2.24) is 4.90 Å². The molecule has 1 unspecified atom stereocenters. The third-order valence-electron chi connectivity index (χ3n) is 5.27. The lowest BCUT2D eigenvalue weighted by Crippen LogP contribution is -2.63. The second kappa shape index (κ2) is 5.01. The molecule has 3 rings (SSSR count). The highest BCUT2D eigenvalue weighted by Gasteiger charge is 2.57. The molecule has 2 aliphatic carbocycles. The first kappa shape index (κ1) is 14.4. The van der Waals surface area contributed by atoms with Gasteiger partial charge in [-0.25, -0.2) is 0 Å². The monoisotopic (exact) mass is 293 g/mol. The largest absolute Gasteiger partial charge is 0.389 e. The van der Waals surface area contributed by atoms with E-state index in [-0.39, 0.29) is 5.41 Å². The maximum atomic E-state index is 11.4. The van der Waals surface area contributed by atoms with E-state index in [1.807, 2.05) is 12.1 Å². The fraction of sp³-hybridized carbons (Fsp3) is 0.647. The first-order chi connectivity index (χ1) is 9.48. The summed E-state index contributed by atoms with van der Waals surface area (Å²) in [6.45, 7) is 0.900. The molecule has 0 bridgehead atoms. The number of hydrogen-bond acceptors (Lipinski definition) is 2. The smallest absolute Gasteiger partial charge is 0.0759 e. The standard InChI is InChI=1S/C17H24ClNO/c1-19(2)12-16(17(20)9-4-3-5-10-17)11-13-14(16)7-6-8-15(13)18/h6-8,20H,3-5,9-12H2,1-2H3. The second-order valence-corrected chi connectivity index (χ2v) is 7.26. The zero-order valence-corrected chi connectivity index (χ0v) is 13.2. The number of hydrogen-bond donors (Lipinski definition) is 1. The van der Waals surface area contributed by atoms with Crippen molar-refractivity contribution in [3.05, 3.63) is 34.3 Å².